The van der Waals surface area contributed by atoms with Crippen LogP contribution in [0.4, 0.5) is 0 Å². The molecule has 13 heavy (non-hydrogen) atoms. The van der Waals surface area contributed by atoms with Crippen LogP contribution in [0, 0.1) is 0 Å². The van der Waals surface area contributed by atoms with Gasteiger partial charge in [-0.15, -0.1) is 0 Å². The van der Waals surface area contributed by atoms with Crippen LogP contribution in [-0.4, -0.2) is 24.7 Å². The Hall–Kier alpha value is -1.27. The van der Waals surface area contributed by atoms with Crippen LogP contribution in [-0.2, 0) is 19.8 Å². The first-order valence-corrected chi connectivity index (χ1v) is 3.91. The third-order valence-corrected chi connectivity index (χ3v) is 1.67. The first kappa shape index (κ1) is 9.82. The van der Waals surface area contributed by atoms with Gasteiger partial charge in [0.15, 0.2) is 0 Å². The highest BCUT2D eigenvalue weighted by Gasteiger charge is 2.07. The quantitative estimate of drug-likeness (QED) is 0.607. The van der Waals surface area contributed by atoms with Gasteiger partial charge in [-0.3, -0.25) is 0 Å². The van der Waals surface area contributed by atoms with Gasteiger partial charge in [0.25, 0.3) is 0 Å². The maximum atomic E-state index is 10.8. The molecule has 0 fully saturated rings. The number of nitrogens with zero attached hydrogens (tertiary/aromatic N) is 3. The molecule has 1 aromatic heterocycles. The summed E-state index contributed by atoms with van der Waals surface area (Å²) in [6, 6.07) is 0. The summed E-state index contributed by atoms with van der Waals surface area (Å²) in [6.07, 6.45) is 0. The van der Waals surface area contributed by atoms with Crippen molar-refractivity contribution >= 4 is 0 Å². The van der Waals surface area contributed by atoms with Crippen molar-refractivity contribution < 1.29 is 10.2 Å². The van der Waals surface area contributed by atoms with Crippen LogP contribution in [0.1, 0.15) is 18.6 Å². The van der Waals surface area contributed by atoms with Crippen molar-refractivity contribution in [1.29, 1.82) is 0 Å². The Morgan fingerprint density at radius 3 is 2.00 bits per heavy atom. The van der Waals surface area contributed by atoms with Crippen LogP contribution in [0.15, 0.2) is 4.79 Å². The molecule has 0 unspecified atom stereocenters. The van der Waals surface area contributed by atoms with E-state index in [4.69, 9.17) is 10.2 Å². The Morgan fingerprint density at radius 2 is 1.69 bits per heavy atom. The lowest BCUT2D eigenvalue weighted by Gasteiger charge is -2.10. The smallest absolute Gasteiger partial charge is 0.370 e. The average molecular weight is 185 g/mol. The van der Waals surface area contributed by atoms with Crippen molar-refractivity contribution in [2.45, 2.75) is 26.7 Å². The number of hydrogen-bond donors (Lipinski definition) is 2. The van der Waals surface area contributed by atoms with Crippen molar-refractivity contribution in [3.63, 3.8) is 0 Å². The SMILES string of the molecule is CCn1c(CO)nc(=O)nc1CO. The van der Waals surface area contributed by atoms with Gasteiger partial charge in [0.2, 0.25) is 0 Å². The molecule has 72 valence electrons. The van der Waals surface area contributed by atoms with Gasteiger partial charge in [0.05, 0.1) is 0 Å². The summed E-state index contributed by atoms with van der Waals surface area (Å²) in [5, 5.41) is 17.7. The predicted octanol–water partition coefficient (Wildman–Crippen LogP) is -1.36. The molecule has 6 heteroatoms. The molecule has 6 nitrogen and oxygen atoms in total. The molecule has 0 amide bonds. The van der Waals surface area contributed by atoms with Gasteiger partial charge in [0, 0.05) is 6.54 Å². The lowest BCUT2D eigenvalue weighted by Crippen LogP contribution is -2.24. The van der Waals surface area contributed by atoms with Crippen LogP contribution < -0.4 is 5.69 Å². The summed E-state index contributed by atoms with van der Waals surface area (Å²) >= 11 is 0. The van der Waals surface area contributed by atoms with Crippen LogP contribution in [0.5, 0.6) is 0 Å². The summed E-state index contributed by atoms with van der Waals surface area (Å²) in [4.78, 5) is 17.9. The first-order chi connectivity index (χ1) is 6.22. The van der Waals surface area contributed by atoms with Crippen LogP contribution in [0.2, 0.25) is 0 Å². The topological polar surface area (TPSA) is 88.2 Å². The van der Waals surface area contributed by atoms with E-state index in [-0.39, 0.29) is 24.9 Å². The third kappa shape index (κ3) is 1.90. The molecule has 2 N–H and O–H groups in total. The van der Waals surface area contributed by atoms with E-state index in [0.29, 0.717) is 6.54 Å². The lowest BCUT2D eigenvalue weighted by atomic mass is 10.5. The highest BCUT2D eigenvalue weighted by atomic mass is 16.3. The van der Waals surface area contributed by atoms with Gasteiger partial charge in [-0.25, -0.2) is 4.79 Å². The Labute approximate surface area is 74.5 Å². The second-order valence-corrected chi connectivity index (χ2v) is 2.40. The molecule has 0 aliphatic rings. The van der Waals surface area contributed by atoms with Crippen molar-refractivity contribution in [3.8, 4) is 0 Å². The second-order valence-electron chi connectivity index (χ2n) is 2.40. The molecule has 0 radical (unpaired) electrons. The third-order valence-electron chi connectivity index (χ3n) is 1.67. The first-order valence-electron chi connectivity index (χ1n) is 3.91. The highest BCUT2D eigenvalue weighted by molar-refractivity contribution is 4.93. The molecule has 1 heterocycles. The molecule has 0 aliphatic heterocycles. The molecule has 0 aromatic carbocycles. The fourth-order valence-corrected chi connectivity index (χ4v) is 1.12. The summed E-state index contributed by atoms with van der Waals surface area (Å²) in [5.41, 5.74) is -0.683. The van der Waals surface area contributed by atoms with E-state index < -0.39 is 5.69 Å². The van der Waals surface area contributed by atoms with Crippen LogP contribution in [0.25, 0.3) is 0 Å². The fourth-order valence-electron chi connectivity index (χ4n) is 1.12. The number of aliphatic hydroxyl groups is 2. The highest BCUT2D eigenvalue weighted by Crippen LogP contribution is 1.98. The molecule has 0 bridgehead atoms. The maximum Gasteiger partial charge on any atom is 0.370 e. The van der Waals surface area contributed by atoms with E-state index in [2.05, 4.69) is 9.97 Å². The minimum Gasteiger partial charge on any atom is -0.388 e. The van der Waals surface area contributed by atoms with E-state index in [0.717, 1.165) is 0 Å². The number of aliphatic hydroxyl groups excluding tert-OH is 2. The predicted molar refractivity (Wildman–Crippen MR) is 43.8 cm³/mol. The van der Waals surface area contributed by atoms with Crippen molar-refractivity contribution in [1.82, 2.24) is 14.5 Å². The molecule has 0 saturated carbocycles. The van der Waals surface area contributed by atoms with Crippen LogP contribution in [0.3, 0.4) is 0 Å². The molecule has 0 saturated heterocycles. The van der Waals surface area contributed by atoms with E-state index >= 15 is 0 Å². The summed E-state index contributed by atoms with van der Waals surface area (Å²) in [6.45, 7) is 1.65. The average Bonchev–Trinajstić information content (AvgIpc) is 2.16. The molecule has 0 spiro atoms. The van der Waals surface area contributed by atoms with Crippen molar-refractivity contribution in [2.75, 3.05) is 0 Å². The maximum absolute atomic E-state index is 10.8. The largest absolute Gasteiger partial charge is 0.388 e. The summed E-state index contributed by atoms with van der Waals surface area (Å²) < 4.78 is 1.50. The van der Waals surface area contributed by atoms with E-state index in [1.165, 1.54) is 4.57 Å². The van der Waals surface area contributed by atoms with Gasteiger partial charge in [-0.2, -0.15) is 9.97 Å². The summed E-state index contributed by atoms with van der Waals surface area (Å²) in [5.74, 6) is 0.457. The molecule has 0 aliphatic carbocycles. The van der Waals surface area contributed by atoms with E-state index in [1.807, 2.05) is 6.92 Å². The van der Waals surface area contributed by atoms with Crippen molar-refractivity contribution in [2.24, 2.45) is 0 Å². The molecular weight excluding hydrogens is 174 g/mol. The minimum atomic E-state index is -0.683. The molecular formula is C7H11N3O3. The Morgan fingerprint density at radius 1 is 1.23 bits per heavy atom. The standard InChI is InChI=1S/C7H11N3O3/c1-2-10-5(3-11)8-7(13)9-6(10)4-12/h11-12H,2-4H2,1H3. The normalized spacial score (nSPS) is 10.4. The monoisotopic (exact) mass is 185 g/mol. The zero-order valence-corrected chi connectivity index (χ0v) is 7.27. The number of rotatable bonds is 3. The van der Waals surface area contributed by atoms with Gasteiger partial charge >= 0.3 is 5.69 Å². The number of hydrogen-bond acceptors (Lipinski definition) is 5. The van der Waals surface area contributed by atoms with Gasteiger partial charge < -0.3 is 14.8 Å². The van der Waals surface area contributed by atoms with Gasteiger partial charge in [0.1, 0.15) is 24.9 Å². The Bertz CT molecular complexity index is 319. The lowest BCUT2D eigenvalue weighted by molar-refractivity contribution is 0.241. The second kappa shape index (κ2) is 4.11. The van der Waals surface area contributed by atoms with Crippen molar-refractivity contribution in [3.05, 3.63) is 22.1 Å². The molecule has 0 atom stereocenters. The zero-order valence-electron chi connectivity index (χ0n) is 7.27. The Balaban J connectivity index is 3.33. The van der Waals surface area contributed by atoms with E-state index in [9.17, 15) is 4.79 Å². The zero-order chi connectivity index (χ0) is 9.84. The summed E-state index contributed by atoms with van der Waals surface area (Å²) in [7, 11) is 0. The Kier molecular flexibility index (Phi) is 3.10. The van der Waals surface area contributed by atoms with Gasteiger partial charge in [-0.1, -0.05) is 0 Å². The van der Waals surface area contributed by atoms with Gasteiger partial charge in [-0.05, 0) is 6.92 Å². The molecule has 1 aromatic rings. The fraction of sp³-hybridized carbons (Fsp3) is 0.571. The van der Waals surface area contributed by atoms with E-state index in [1.54, 1.807) is 0 Å². The van der Waals surface area contributed by atoms with Crippen LogP contribution >= 0.6 is 0 Å². The molecule has 1 rings (SSSR count). The minimum absolute atomic E-state index is 0.228. The number of aromatic nitrogens is 3.